The van der Waals surface area contributed by atoms with Crippen LogP contribution >= 0.6 is 23.2 Å². The number of hydrogen-bond acceptors (Lipinski definition) is 6. The predicted octanol–water partition coefficient (Wildman–Crippen LogP) is 6.71. The Balaban J connectivity index is 0.000000193. The molecule has 2 heterocycles. The molecule has 3 aromatic carbocycles. The van der Waals surface area contributed by atoms with E-state index in [0.717, 1.165) is 69.8 Å². The summed E-state index contributed by atoms with van der Waals surface area (Å²) in [6.45, 7) is 4.55. The summed E-state index contributed by atoms with van der Waals surface area (Å²) in [4.78, 5) is 2.41. The molecule has 8 heteroatoms. The van der Waals surface area contributed by atoms with E-state index in [1.807, 2.05) is 54.6 Å². The lowest BCUT2D eigenvalue weighted by Gasteiger charge is -2.38. The Hall–Kier alpha value is -3.26. The van der Waals surface area contributed by atoms with E-state index in [1.165, 1.54) is 5.56 Å². The molecule has 0 saturated carbocycles. The van der Waals surface area contributed by atoms with Crippen molar-refractivity contribution in [1.82, 2.24) is 10.2 Å². The van der Waals surface area contributed by atoms with Crippen molar-refractivity contribution in [1.29, 1.82) is 10.5 Å². The lowest BCUT2D eigenvalue weighted by atomic mass is 9.88. The lowest BCUT2D eigenvalue weighted by Crippen LogP contribution is -2.48. The monoisotopic (exact) mass is 560 g/mol. The highest BCUT2D eigenvalue weighted by molar-refractivity contribution is 6.30. The molecule has 0 bridgehead atoms. The zero-order valence-electron chi connectivity index (χ0n) is 22.0. The van der Waals surface area contributed by atoms with Gasteiger partial charge in [-0.1, -0.05) is 53.5 Å². The molecule has 2 aliphatic heterocycles. The van der Waals surface area contributed by atoms with Crippen LogP contribution in [0.1, 0.15) is 31.2 Å². The van der Waals surface area contributed by atoms with Crippen LogP contribution < -0.4 is 16.0 Å². The van der Waals surface area contributed by atoms with Crippen molar-refractivity contribution < 1.29 is 0 Å². The normalized spacial score (nSPS) is 17.9. The third-order valence-electron chi connectivity index (χ3n) is 7.30. The number of benzene rings is 3. The molecule has 3 N–H and O–H groups in total. The largest absolute Gasteiger partial charge is 0.367 e. The van der Waals surface area contributed by atoms with Gasteiger partial charge >= 0.3 is 0 Å². The molecule has 2 fully saturated rings. The fraction of sp³-hybridized carbons (Fsp3) is 0.355. The summed E-state index contributed by atoms with van der Waals surface area (Å²) in [5.41, 5.74) is 2.31. The molecule has 0 unspecified atom stereocenters. The van der Waals surface area contributed by atoms with E-state index < -0.39 is 11.1 Å². The summed E-state index contributed by atoms with van der Waals surface area (Å²) < 4.78 is 0. The second-order valence-corrected chi connectivity index (χ2v) is 11.0. The molecule has 0 amide bonds. The maximum atomic E-state index is 9.68. The first-order valence-electron chi connectivity index (χ1n) is 13.3. The topological polar surface area (TPSA) is 86.9 Å². The number of halogens is 2. The standard InChI is InChI=1S/C19H20ClN3.C12H14ClN3/c20-17-6-8-18(9-7-17)22-19(15-21)10-12-23(13-11-19)14-16-4-2-1-3-5-16;13-10-1-3-11(4-2-10)16-12(9-14)5-7-15-8-6-12/h1-9,22H,10-14H2;1-4,15-16H,5-8H2. The number of nitrogens with zero attached hydrogens (tertiary/aromatic N) is 3. The van der Waals surface area contributed by atoms with Crippen LogP contribution in [0.3, 0.4) is 0 Å². The molecule has 2 saturated heterocycles. The summed E-state index contributed by atoms with van der Waals surface area (Å²) in [5, 5.41) is 30.4. The van der Waals surface area contributed by atoms with E-state index in [-0.39, 0.29) is 0 Å². The van der Waals surface area contributed by atoms with Gasteiger partial charge in [-0.2, -0.15) is 10.5 Å². The number of likely N-dealkylation sites (tertiary alicyclic amines) is 1. The third kappa shape index (κ3) is 8.36. The zero-order valence-corrected chi connectivity index (χ0v) is 23.5. The van der Waals surface area contributed by atoms with Crippen LogP contribution in [-0.4, -0.2) is 42.2 Å². The number of hydrogen-bond donors (Lipinski definition) is 3. The highest BCUT2D eigenvalue weighted by Crippen LogP contribution is 2.28. The first-order valence-corrected chi connectivity index (χ1v) is 14.1. The lowest BCUT2D eigenvalue weighted by molar-refractivity contribution is 0.189. The van der Waals surface area contributed by atoms with Crippen molar-refractivity contribution in [3.05, 3.63) is 94.5 Å². The van der Waals surface area contributed by atoms with Gasteiger partial charge in [-0.05, 0) is 92.9 Å². The highest BCUT2D eigenvalue weighted by atomic mass is 35.5. The Morgan fingerprint density at radius 1 is 0.692 bits per heavy atom. The van der Waals surface area contributed by atoms with Crippen LogP contribution in [0.4, 0.5) is 11.4 Å². The molecule has 2 aliphatic rings. The van der Waals surface area contributed by atoms with Crippen molar-refractivity contribution in [2.75, 3.05) is 36.8 Å². The Bertz CT molecular complexity index is 1250. The van der Waals surface area contributed by atoms with Crippen molar-refractivity contribution in [2.24, 2.45) is 0 Å². The number of nitriles is 2. The number of anilines is 2. The molecule has 6 nitrogen and oxygen atoms in total. The minimum absolute atomic E-state index is 0.431. The van der Waals surface area contributed by atoms with Crippen LogP contribution in [0.25, 0.3) is 0 Å². The maximum Gasteiger partial charge on any atom is 0.127 e. The van der Waals surface area contributed by atoms with Gasteiger partial charge < -0.3 is 16.0 Å². The first-order chi connectivity index (χ1) is 18.9. The van der Waals surface area contributed by atoms with E-state index in [2.05, 4.69) is 57.3 Å². The minimum atomic E-state index is -0.485. The van der Waals surface area contributed by atoms with Gasteiger partial charge in [-0.3, -0.25) is 4.90 Å². The SMILES string of the molecule is N#CC1(Nc2ccc(Cl)cc2)CCN(Cc2ccccc2)CC1.N#CC1(Nc2ccc(Cl)cc2)CCNCC1. The van der Waals surface area contributed by atoms with Crippen molar-refractivity contribution >= 4 is 34.6 Å². The zero-order chi connectivity index (χ0) is 27.6. The second-order valence-electron chi connectivity index (χ2n) is 10.2. The van der Waals surface area contributed by atoms with Gasteiger partial charge in [0.05, 0.1) is 12.1 Å². The predicted molar refractivity (Wildman–Crippen MR) is 160 cm³/mol. The van der Waals surface area contributed by atoms with E-state index in [1.54, 1.807) is 0 Å². The number of nitrogens with one attached hydrogen (secondary N) is 3. The molecule has 0 aliphatic carbocycles. The quantitative estimate of drug-likeness (QED) is 0.310. The summed E-state index contributed by atoms with van der Waals surface area (Å²) >= 11 is 11.7. The van der Waals surface area contributed by atoms with Crippen molar-refractivity contribution in [3.8, 4) is 12.1 Å². The van der Waals surface area contributed by atoms with Crippen LogP contribution in [-0.2, 0) is 6.54 Å². The van der Waals surface area contributed by atoms with Gasteiger partial charge in [0.15, 0.2) is 0 Å². The molecule has 0 aromatic heterocycles. The summed E-state index contributed by atoms with van der Waals surface area (Å²) in [6.07, 6.45) is 3.29. The third-order valence-corrected chi connectivity index (χ3v) is 7.80. The van der Waals surface area contributed by atoms with Gasteiger partial charge in [0.2, 0.25) is 0 Å². The summed E-state index contributed by atoms with van der Waals surface area (Å²) in [7, 11) is 0. The van der Waals surface area contributed by atoms with Crippen molar-refractivity contribution in [3.63, 3.8) is 0 Å². The Labute approximate surface area is 241 Å². The maximum absolute atomic E-state index is 9.68. The highest BCUT2D eigenvalue weighted by Gasteiger charge is 2.34. The van der Waals surface area contributed by atoms with Crippen LogP contribution in [0.15, 0.2) is 78.9 Å². The molecule has 5 rings (SSSR count). The molecule has 3 aromatic rings. The van der Waals surface area contributed by atoms with E-state index in [9.17, 15) is 10.5 Å². The second kappa shape index (κ2) is 13.7. The average Bonchev–Trinajstić information content (AvgIpc) is 2.98. The van der Waals surface area contributed by atoms with Crippen LogP contribution in [0.2, 0.25) is 10.0 Å². The Kier molecular flexibility index (Phi) is 10.1. The van der Waals surface area contributed by atoms with Gasteiger partial charge in [0.1, 0.15) is 11.1 Å². The van der Waals surface area contributed by atoms with Gasteiger partial charge in [0, 0.05) is 41.1 Å². The van der Waals surface area contributed by atoms with E-state index >= 15 is 0 Å². The molecule has 202 valence electrons. The Morgan fingerprint density at radius 3 is 1.62 bits per heavy atom. The van der Waals surface area contributed by atoms with E-state index in [0.29, 0.717) is 10.0 Å². The minimum Gasteiger partial charge on any atom is -0.367 e. The van der Waals surface area contributed by atoms with Gasteiger partial charge in [0.25, 0.3) is 0 Å². The number of piperidine rings is 2. The van der Waals surface area contributed by atoms with Crippen LogP contribution in [0.5, 0.6) is 0 Å². The van der Waals surface area contributed by atoms with Gasteiger partial charge in [-0.15, -0.1) is 0 Å². The van der Waals surface area contributed by atoms with Crippen molar-refractivity contribution in [2.45, 2.75) is 43.3 Å². The fourth-order valence-electron chi connectivity index (χ4n) is 4.94. The smallest absolute Gasteiger partial charge is 0.127 e. The van der Waals surface area contributed by atoms with E-state index in [4.69, 9.17) is 23.2 Å². The first kappa shape index (κ1) is 28.7. The number of rotatable bonds is 6. The molecular formula is C31H34Cl2N6. The molecule has 0 radical (unpaired) electrons. The Morgan fingerprint density at radius 2 is 1.15 bits per heavy atom. The van der Waals surface area contributed by atoms with Gasteiger partial charge in [-0.25, -0.2) is 0 Å². The summed E-state index contributed by atoms with van der Waals surface area (Å²) in [6, 6.07) is 30.4. The molecule has 0 atom stereocenters. The summed E-state index contributed by atoms with van der Waals surface area (Å²) in [5.74, 6) is 0. The van der Waals surface area contributed by atoms with Crippen LogP contribution in [0, 0.1) is 22.7 Å². The molecular weight excluding hydrogens is 527 g/mol. The molecule has 0 spiro atoms. The fourth-order valence-corrected chi connectivity index (χ4v) is 5.19. The molecule has 39 heavy (non-hydrogen) atoms. The average molecular weight is 562 g/mol.